The molecule has 0 unspecified atom stereocenters. The molecule has 2 aromatic carbocycles. The van der Waals surface area contributed by atoms with Gasteiger partial charge in [-0.3, -0.25) is 4.79 Å². The van der Waals surface area contributed by atoms with Gasteiger partial charge in [0.25, 0.3) is 0 Å². The van der Waals surface area contributed by atoms with Gasteiger partial charge in [-0.25, -0.2) is 9.67 Å². The van der Waals surface area contributed by atoms with E-state index in [1.165, 1.54) is 27.4 Å². The zero-order valence-corrected chi connectivity index (χ0v) is 20.3. The summed E-state index contributed by atoms with van der Waals surface area (Å²) in [6.07, 6.45) is 3.34. The van der Waals surface area contributed by atoms with E-state index < -0.39 is 0 Å². The third-order valence-electron chi connectivity index (χ3n) is 4.64. The van der Waals surface area contributed by atoms with Crippen molar-refractivity contribution in [3.63, 3.8) is 0 Å². The van der Waals surface area contributed by atoms with E-state index in [1.807, 2.05) is 32.1 Å². The van der Waals surface area contributed by atoms with Crippen molar-refractivity contribution in [2.75, 3.05) is 5.32 Å². The Balaban J connectivity index is 0.000000322. The molecule has 0 saturated heterocycles. The molecule has 0 spiro atoms. The van der Waals surface area contributed by atoms with Crippen LogP contribution in [0.15, 0.2) is 47.3 Å². The largest absolute Gasteiger partial charge is 0.336 e. The van der Waals surface area contributed by atoms with Gasteiger partial charge in [0.15, 0.2) is 0 Å². The van der Waals surface area contributed by atoms with Gasteiger partial charge in [-0.05, 0) is 80.3 Å². The van der Waals surface area contributed by atoms with Gasteiger partial charge in [0.05, 0.1) is 17.7 Å². The summed E-state index contributed by atoms with van der Waals surface area (Å²) in [4.78, 5) is 15.8. The van der Waals surface area contributed by atoms with Gasteiger partial charge in [0.1, 0.15) is 5.82 Å². The summed E-state index contributed by atoms with van der Waals surface area (Å²) in [5, 5.41) is 23.9. The van der Waals surface area contributed by atoms with Gasteiger partial charge >= 0.3 is 5.56 Å². The Bertz CT molecular complexity index is 1220. The second-order valence-electron chi connectivity index (χ2n) is 6.99. The lowest BCUT2D eigenvalue weighted by Gasteiger charge is -2.06. The standard InChI is InChI=1S/C12H11N5O.C12H13N.C2H6/c1-8-14-11(12(18)17(2)16-8)15-10-5-3-9(7-13)4-6-10;1-9-7-12(5-4-6-13)8-10(2)11(9)3;1-2/h3-6H,1-2H3,(H,14,15,16);4-5,7-8H,1-3H3;1-2H3/b;5-4+;. The highest BCUT2D eigenvalue weighted by Gasteiger charge is 2.06. The van der Waals surface area contributed by atoms with Crippen LogP contribution < -0.4 is 10.9 Å². The second kappa shape index (κ2) is 13.2. The first-order valence-corrected chi connectivity index (χ1v) is 10.6. The predicted octanol–water partition coefficient (Wildman–Crippen LogP) is 5.27. The Hall–Kier alpha value is -4.23. The molecule has 0 amide bonds. The van der Waals surface area contributed by atoms with E-state index in [4.69, 9.17) is 10.5 Å². The fourth-order valence-electron chi connectivity index (χ4n) is 2.79. The molecule has 33 heavy (non-hydrogen) atoms. The average molecular weight is 443 g/mol. The average Bonchev–Trinajstić information content (AvgIpc) is 2.81. The van der Waals surface area contributed by atoms with Crippen molar-refractivity contribution in [3.8, 4) is 12.1 Å². The number of nitrogens with zero attached hydrogens (tertiary/aromatic N) is 5. The number of nitrogens with one attached hydrogen (secondary N) is 1. The van der Waals surface area contributed by atoms with Gasteiger partial charge in [-0.15, -0.1) is 0 Å². The lowest BCUT2D eigenvalue weighted by atomic mass is 10.0. The highest BCUT2D eigenvalue weighted by Crippen LogP contribution is 2.16. The van der Waals surface area contributed by atoms with E-state index in [0.29, 0.717) is 17.1 Å². The molecule has 1 aromatic heterocycles. The minimum Gasteiger partial charge on any atom is -0.336 e. The maximum absolute atomic E-state index is 11.8. The first kappa shape index (κ1) is 26.8. The second-order valence-corrected chi connectivity index (χ2v) is 6.99. The van der Waals surface area contributed by atoms with Crippen LogP contribution in [0.4, 0.5) is 11.5 Å². The van der Waals surface area contributed by atoms with Crippen molar-refractivity contribution in [1.29, 1.82) is 10.5 Å². The molecule has 170 valence electrons. The minimum atomic E-state index is -0.301. The Kier molecular flexibility index (Phi) is 10.8. The third kappa shape index (κ3) is 8.08. The lowest BCUT2D eigenvalue weighted by molar-refractivity contribution is 0.673. The molecule has 1 heterocycles. The zero-order valence-electron chi connectivity index (χ0n) is 20.3. The number of rotatable bonds is 3. The number of allylic oxidation sites excluding steroid dienone is 1. The summed E-state index contributed by atoms with van der Waals surface area (Å²) in [6, 6.07) is 15.0. The fourth-order valence-corrected chi connectivity index (χ4v) is 2.79. The molecule has 0 saturated carbocycles. The first-order valence-electron chi connectivity index (χ1n) is 10.6. The number of nitriles is 2. The molecule has 0 fully saturated rings. The Morgan fingerprint density at radius 2 is 1.58 bits per heavy atom. The van der Waals surface area contributed by atoms with Crippen LogP contribution in [-0.4, -0.2) is 14.8 Å². The summed E-state index contributed by atoms with van der Waals surface area (Å²) in [7, 11) is 1.57. The molecular weight excluding hydrogens is 412 g/mol. The molecule has 0 atom stereocenters. The smallest absolute Gasteiger partial charge is 0.309 e. The van der Waals surface area contributed by atoms with E-state index in [9.17, 15) is 4.79 Å². The third-order valence-corrected chi connectivity index (χ3v) is 4.64. The van der Waals surface area contributed by atoms with Crippen molar-refractivity contribution in [2.24, 2.45) is 7.05 Å². The zero-order chi connectivity index (χ0) is 25.0. The van der Waals surface area contributed by atoms with Crippen molar-refractivity contribution in [3.05, 3.63) is 86.5 Å². The van der Waals surface area contributed by atoms with E-state index in [-0.39, 0.29) is 11.4 Å². The van der Waals surface area contributed by atoms with Crippen LogP contribution in [0.25, 0.3) is 6.08 Å². The van der Waals surface area contributed by atoms with Crippen molar-refractivity contribution >= 4 is 17.6 Å². The summed E-state index contributed by atoms with van der Waals surface area (Å²) >= 11 is 0. The van der Waals surface area contributed by atoms with Gasteiger partial charge in [-0.1, -0.05) is 26.0 Å². The van der Waals surface area contributed by atoms with Crippen LogP contribution in [0.1, 0.15) is 47.5 Å². The number of hydrogen-bond donors (Lipinski definition) is 1. The molecule has 3 aromatic rings. The Morgan fingerprint density at radius 3 is 2.09 bits per heavy atom. The molecule has 0 bridgehead atoms. The predicted molar refractivity (Wildman–Crippen MR) is 133 cm³/mol. The molecular formula is C26H30N6O. The van der Waals surface area contributed by atoms with Gasteiger partial charge in [0, 0.05) is 18.8 Å². The molecule has 7 nitrogen and oxygen atoms in total. The number of anilines is 2. The van der Waals surface area contributed by atoms with E-state index in [2.05, 4.69) is 48.3 Å². The van der Waals surface area contributed by atoms with Gasteiger partial charge in [0.2, 0.25) is 5.82 Å². The normalized spacial score (nSPS) is 9.61. The molecule has 0 aliphatic heterocycles. The van der Waals surface area contributed by atoms with Crippen LogP contribution in [-0.2, 0) is 7.05 Å². The minimum absolute atomic E-state index is 0.217. The molecule has 0 radical (unpaired) electrons. The molecule has 0 aliphatic carbocycles. The first-order chi connectivity index (χ1) is 15.7. The van der Waals surface area contributed by atoms with E-state index in [1.54, 1.807) is 38.2 Å². The fraction of sp³-hybridized carbons (Fsp3) is 0.269. The van der Waals surface area contributed by atoms with Crippen LogP contribution >= 0.6 is 0 Å². The van der Waals surface area contributed by atoms with E-state index >= 15 is 0 Å². The summed E-state index contributed by atoms with van der Waals surface area (Å²) in [5.74, 6) is 0.725. The van der Waals surface area contributed by atoms with Crippen LogP contribution in [0.5, 0.6) is 0 Å². The summed E-state index contributed by atoms with van der Waals surface area (Å²) < 4.78 is 1.23. The van der Waals surface area contributed by atoms with Crippen LogP contribution in [0.3, 0.4) is 0 Å². The summed E-state index contributed by atoms with van der Waals surface area (Å²) in [5.41, 5.74) is 5.94. The lowest BCUT2D eigenvalue weighted by Crippen LogP contribution is -2.24. The van der Waals surface area contributed by atoms with Gasteiger partial charge < -0.3 is 5.32 Å². The van der Waals surface area contributed by atoms with Crippen molar-refractivity contribution in [2.45, 2.75) is 41.5 Å². The number of hydrogen-bond acceptors (Lipinski definition) is 6. The molecule has 7 heteroatoms. The molecule has 3 rings (SSSR count). The molecule has 1 N–H and O–H groups in total. The van der Waals surface area contributed by atoms with Crippen molar-refractivity contribution in [1.82, 2.24) is 14.8 Å². The highest BCUT2D eigenvalue weighted by molar-refractivity contribution is 5.57. The summed E-state index contributed by atoms with van der Waals surface area (Å²) in [6.45, 7) is 12.0. The van der Waals surface area contributed by atoms with Crippen molar-refractivity contribution < 1.29 is 0 Å². The maximum atomic E-state index is 11.8. The number of benzene rings is 2. The quantitative estimate of drug-likeness (QED) is 0.553. The Morgan fingerprint density at radius 1 is 1.00 bits per heavy atom. The Labute approximate surface area is 195 Å². The van der Waals surface area contributed by atoms with Crippen LogP contribution in [0.2, 0.25) is 0 Å². The SMILES string of the molecule is CC.Cc1cc(/C=C/C#N)cc(C)c1C.Cc1nc(Nc2ccc(C#N)cc2)c(=O)n(C)n1. The maximum Gasteiger partial charge on any atom is 0.309 e. The monoisotopic (exact) mass is 442 g/mol. The number of aromatic nitrogens is 3. The topological polar surface area (TPSA) is 107 Å². The highest BCUT2D eigenvalue weighted by atomic mass is 16.1. The van der Waals surface area contributed by atoms with E-state index in [0.717, 1.165) is 5.56 Å². The van der Waals surface area contributed by atoms with Crippen LogP contribution in [0, 0.1) is 50.4 Å². The van der Waals surface area contributed by atoms with Gasteiger partial charge in [-0.2, -0.15) is 15.6 Å². The number of aryl methyl sites for hydroxylation is 4. The molecule has 0 aliphatic rings.